The molecule has 0 heterocycles. The number of hydrogen-bond acceptors (Lipinski definition) is 4. The normalized spacial score (nSPS) is 22.4. The van der Waals surface area contributed by atoms with Crippen molar-refractivity contribution in [3.63, 3.8) is 0 Å². The van der Waals surface area contributed by atoms with Crippen molar-refractivity contribution >= 4 is 0 Å². The molecule has 20 heavy (non-hydrogen) atoms. The van der Waals surface area contributed by atoms with Crippen molar-refractivity contribution < 1.29 is 14.9 Å². The van der Waals surface area contributed by atoms with Gasteiger partial charge in [-0.25, -0.2) is 0 Å². The van der Waals surface area contributed by atoms with Crippen LogP contribution in [0.3, 0.4) is 0 Å². The van der Waals surface area contributed by atoms with Crippen molar-refractivity contribution in [2.45, 2.75) is 43.7 Å². The molecule has 4 heteroatoms. The van der Waals surface area contributed by atoms with E-state index in [1.807, 2.05) is 25.1 Å². The zero-order chi connectivity index (χ0) is 14.6. The Hall–Kier alpha value is -1.10. The van der Waals surface area contributed by atoms with Crippen LogP contribution in [0.15, 0.2) is 24.3 Å². The lowest BCUT2D eigenvalue weighted by atomic mass is 9.74. The fourth-order valence-electron chi connectivity index (χ4n) is 2.89. The summed E-state index contributed by atoms with van der Waals surface area (Å²) in [5.41, 5.74) is 0.708. The summed E-state index contributed by atoms with van der Waals surface area (Å²) in [6, 6.07) is 8.48. The van der Waals surface area contributed by atoms with Crippen LogP contribution in [-0.2, 0) is 0 Å². The first-order valence-electron chi connectivity index (χ1n) is 7.30. The van der Waals surface area contributed by atoms with Crippen LogP contribution in [0.4, 0.5) is 0 Å². The molecule has 0 unspecified atom stereocenters. The summed E-state index contributed by atoms with van der Waals surface area (Å²) in [7, 11) is 1.70. The minimum Gasteiger partial charge on any atom is -0.496 e. The molecule has 3 N–H and O–H groups in total. The Balaban J connectivity index is 1.94. The third-order valence-corrected chi connectivity index (χ3v) is 4.51. The first-order chi connectivity index (χ1) is 9.68. The topological polar surface area (TPSA) is 61.7 Å². The van der Waals surface area contributed by atoms with Gasteiger partial charge in [-0.3, -0.25) is 0 Å². The van der Waals surface area contributed by atoms with E-state index in [4.69, 9.17) is 4.74 Å². The lowest BCUT2D eigenvalue weighted by molar-refractivity contribution is 0.0625. The monoisotopic (exact) mass is 279 g/mol. The third kappa shape index (κ3) is 2.97. The van der Waals surface area contributed by atoms with Crippen LogP contribution in [-0.4, -0.2) is 42.1 Å². The maximum absolute atomic E-state index is 9.47. The summed E-state index contributed by atoms with van der Waals surface area (Å²) in [4.78, 5) is 0. The highest BCUT2D eigenvalue weighted by Gasteiger charge is 2.37. The van der Waals surface area contributed by atoms with Crippen LogP contribution < -0.4 is 10.1 Å². The summed E-state index contributed by atoms with van der Waals surface area (Å²) >= 11 is 0. The van der Waals surface area contributed by atoms with Gasteiger partial charge in [-0.15, -0.1) is 0 Å². The van der Waals surface area contributed by atoms with E-state index >= 15 is 0 Å². The Labute approximate surface area is 120 Å². The van der Waals surface area contributed by atoms with E-state index in [2.05, 4.69) is 11.4 Å². The van der Waals surface area contributed by atoms with Gasteiger partial charge in [0.25, 0.3) is 0 Å². The molecule has 0 saturated heterocycles. The van der Waals surface area contributed by atoms with Gasteiger partial charge in [-0.05, 0) is 36.8 Å². The van der Waals surface area contributed by atoms with Gasteiger partial charge >= 0.3 is 0 Å². The Morgan fingerprint density at radius 3 is 2.45 bits per heavy atom. The van der Waals surface area contributed by atoms with Crippen molar-refractivity contribution in [3.05, 3.63) is 29.8 Å². The van der Waals surface area contributed by atoms with Gasteiger partial charge < -0.3 is 20.3 Å². The van der Waals surface area contributed by atoms with Gasteiger partial charge in [0.15, 0.2) is 0 Å². The van der Waals surface area contributed by atoms with Gasteiger partial charge in [0, 0.05) is 6.04 Å². The fraction of sp³-hybridized carbons (Fsp3) is 0.625. The molecule has 0 aromatic heterocycles. The molecular weight excluding hydrogens is 254 g/mol. The standard InChI is InChI=1S/C16H25NO3/c1-3-16(10-18,11-19)17-13-8-12(9-13)14-6-4-5-7-15(14)20-2/h4-7,12-13,17-19H,3,8-11H2,1-2H3. The van der Waals surface area contributed by atoms with E-state index < -0.39 is 5.54 Å². The smallest absolute Gasteiger partial charge is 0.122 e. The van der Waals surface area contributed by atoms with Crippen LogP contribution in [0.1, 0.15) is 37.7 Å². The van der Waals surface area contributed by atoms with Crippen LogP contribution in [0.25, 0.3) is 0 Å². The molecule has 1 saturated carbocycles. The van der Waals surface area contributed by atoms with E-state index in [-0.39, 0.29) is 13.2 Å². The van der Waals surface area contributed by atoms with Gasteiger partial charge in [-0.2, -0.15) is 0 Å². The molecule has 1 aromatic rings. The number of para-hydroxylation sites is 1. The van der Waals surface area contributed by atoms with Crippen LogP contribution in [0, 0.1) is 0 Å². The minimum atomic E-state index is -0.545. The predicted octanol–water partition coefficient (Wildman–Crippen LogP) is 1.66. The molecule has 0 radical (unpaired) electrons. The van der Waals surface area contributed by atoms with Gasteiger partial charge in [0.05, 0.1) is 25.9 Å². The lowest BCUT2D eigenvalue weighted by Crippen LogP contribution is -2.58. The maximum atomic E-state index is 9.47. The van der Waals surface area contributed by atoms with Crippen molar-refractivity contribution in [2.24, 2.45) is 0 Å². The number of aliphatic hydroxyl groups is 2. The first kappa shape index (κ1) is 15.3. The van der Waals surface area contributed by atoms with E-state index in [0.29, 0.717) is 12.0 Å². The molecule has 1 aliphatic rings. The Morgan fingerprint density at radius 1 is 1.25 bits per heavy atom. The molecule has 1 fully saturated rings. The largest absolute Gasteiger partial charge is 0.496 e. The van der Waals surface area contributed by atoms with Crippen molar-refractivity contribution in [1.29, 1.82) is 0 Å². The summed E-state index contributed by atoms with van der Waals surface area (Å²) < 4.78 is 5.40. The maximum Gasteiger partial charge on any atom is 0.122 e. The zero-order valence-electron chi connectivity index (χ0n) is 12.3. The summed E-state index contributed by atoms with van der Waals surface area (Å²) in [5, 5.41) is 22.3. The third-order valence-electron chi connectivity index (χ3n) is 4.51. The molecule has 2 rings (SSSR count). The Kier molecular flexibility index (Phi) is 5.02. The summed E-state index contributed by atoms with van der Waals surface area (Å²) in [5.74, 6) is 1.44. The second kappa shape index (κ2) is 6.57. The lowest BCUT2D eigenvalue weighted by Gasteiger charge is -2.43. The molecular formula is C16H25NO3. The summed E-state index contributed by atoms with van der Waals surface area (Å²) in [6.45, 7) is 1.92. The molecule has 0 spiro atoms. The number of aliphatic hydroxyl groups excluding tert-OH is 2. The van der Waals surface area contributed by atoms with E-state index in [9.17, 15) is 10.2 Å². The van der Waals surface area contributed by atoms with Crippen molar-refractivity contribution in [1.82, 2.24) is 5.32 Å². The molecule has 112 valence electrons. The van der Waals surface area contributed by atoms with E-state index in [1.54, 1.807) is 7.11 Å². The highest BCUT2D eigenvalue weighted by Crippen LogP contribution is 2.41. The number of ether oxygens (including phenoxy) is 1. The van der Waals surface area contributed by atoms with Crippen LogP contribution in [0.2, 0.25) is 0 Å². The van der Waals surface area contributed by atoms with Gasteiger partial charge in [0.1, 0.15) is 5.75 Å². The number of methoxy groups -OCH3 is 1. The molecule has 0 bridgehead atoms. The van der Waals surface area contributed by atoms with Gasteiger partial charge in [-0.1, -0.05) is 25.1 Å². The molecule has 1 aromatic carbocycles. The molecule has 0 atom stereocenters. The molecule has 1 aliphatic carbocycles. The second-order valence-electron chi connectivity index (χ2n) is 5.70. The quantitative estimate of drug-likeness (QED) is 0.710. The number of hydrogen-bond donors (Lipinski definition) is 3. The van der Waals surface area contributed by atoms with Crippen molar-refractivity contribution in [2.75, 3.05) is 20.3 Å². The van der Waals surface area contributed by atoms with E-state index in [0.717, 1.165) is 25.0 Å². The molecule has 4 nitrogen and oxygen atoms in total. The number of benzene rings is 1. The fourth-order valence-corrected chi connectivity index (χ4v) is 2.89. The van der Waals surface area contributed by atoms with Crippen molar-refractivity contribution in [3.8, 4) is 5.75 Å². The summed E-state index contributed by atoms with van der Waals surface area (Å²) in [6.07, 6.45) is 2.75. The van der Waals surface area contributed by atoms with Gasteiger partial charge in [0.2, 0.25) is 0 Å². The molecule has 0 amide bonds. The SMILES string of the molecule is CCC(CO)(CO)NC1CC(c2ccccc2OC)C1. The zero-order valence-corrected chi connectivity index (χ0v) is 12.3. The van der Waals surface area contributed by atoms with E-state index in [1.165, 1.54) is 5.56 Å². The Morgan fingerprint density at radius 2 is 1.90 bits per heavy atom. The Bertz CT molecular complexity index is 417. The number of nitrogens with one attached hydrogen (secondary N) is 1. The van der Waals surface area contributed by atoms with Crippen LogP contribution in [0.5, 0.6) is 5.75 Å². The molecule has 0 aliphatic heterocycles. The minimum absolute atomic E-state index is 0.0319. The number of rotatable bonds is 7. The average Bonchev–Trinajstić information content (AvgIpc) is 2.47. The highest BCUT2D eigenvalue weighted by molar-refractivity contribution is 5.37. The highest BCUT2D eigenvalue weighted by atomic mass is 16.5. The van der Waals surface area contributed by atoms with Crippen LogP contribution >= 0.6 is 0 Å². The first-order valence-corrected chi connectivity index (χ1v) is 7.30. The average molecular weight is 279 g/mol. The second-order valence-corrected chi connectivity index (χ2v) is 5.70. The predicted molar refractivity (Wildman–Crippen MR) is 79.1 cm³/mol.